The Morgan fingerprint density at radius 1 is 1.46 bits per heavy atom. The molecule has 13 heavy (non-hydrogen) atoms. The molecule has 0 N–H and O–H groups in total. The van der Waals surface area contributed by atoms with E-state index in [9.17, 15) is 9.26 Å². The van der Waals surface area contributed by atoms with Gasteiger partial charge in [-0.2, -0.15) is 0 Å². The minimum atomic E-state index is -2.96. The van der Waals surface area contributed by atoms with Gasteiger partial charge in [-0.1, -0.05) is 33.1 Å². The van der Waals surface area contributed by atoms with Crippen molar-refractivity contribution in [3.8, 4) is 0 Å². The summed E-state index contributed by atoms with van der Waals surface area (Å²) >= 11 is 0. The second-order valence-corrected chi connectivity index (χ2v) is 3.77. The number of unbranched alkanes of at least 4 members (excludes halogenated alkanes) is 1. The predicted molar refractivity (Wildman–Crippen MR) is 45.7 cm³/mol. The van der Waals surface area contributed by atoms with Crippen LogP contribution in [0, 0.1) is 5.92 Å². The molecule has 0 saturated carbocycles. The molecule has 1 unspecified atom stereocenters. The third kappa shape index (κ3) is 11.2. The minimum Gasteiger partial charge on any atom is -0.588 e. The molecule has 0 bridgehead atoms. The topological polar surface area (TPSA) is 49.4 Å². The van der Waals surface area contributed by atoms with Crippen molar-refractivity contribution in [2.75, 3.05) is 6.61 Å². The molecule has 0 saturated heterocycles. The van der Waals surface area contributed by atoms with Crippen LogP contribution in [0.15, 0.2) is 0 Å². The predicted octanol–water partition coefficient (Wildman–Crippen LogP) is -2.00. The molecule has 0 aromatic heterocycles. The average molecular weight is 228 g/mol. The summed E-state index contributed by atoms with van der Waals surface area (Å²) in [7, 11) is -2.96. The Kier molecular flexibility index (Phi) is 14.5. The van der Waals surface area contributed by atoms with Crippen molar-refractivity contribution in [3.05, 3.63) is 0 Å². The Hall–Kier alpha value is 1.25. The zero-order valence-corrected chi connectivity index (χ0v) is 13.0. The second-order valence-electron chi connectivity index (χ2n) is 2.98. The third-order valence-corrected chi connectivity index (χ3v) is 2.38. The van der Waals surface area contributed by atoms with Gasteiger partial charge in [0.25, 0.3) is 0 Å². The van der Waals surface area contributed by atoms with Gasteiger partial charge in [-0.3, -0.25) is 0 Å². The molecule has 1 atom stereocenters. The van der Waals surface area contributed by atoms with E-state index in [1.165, 1.54) is 0 Å². The van der Waals surface area contributed by atoms with Gasteiger partial charge in [0.05, 0.1) is 0 Å². The molecule has 0 rings (SSSR count). The zero-order chi connectivity index (χ0) is 9.40. The Balaban J connectivity index is 0. The van der Waals surface area contributed by atoms with E-state index in [4.69, 9.17) is 0 Å². The second kappa shape index (κ2) is 11.3. The van der Waals surface area contributed by atoms with Crippen molar-refractivity contribution in [1.29, 1.82) is 0 Å². The monoisotopic (exact) mass is 228 g/mol. The van der Waals surface area contributed by atoms with Crippen molar-refractivity contribution in [2.45, 2.75) is 39.5 Å². The fourth-order valence-electron chi connectivity index (χ4n) is 1.08. The van der Waals surface area contributed by atoms with E-state index in [1.54, 1.807) is 0 Å². The summed E-state index contributed by atoms with van der Waals surface area (Å²) in [5.41, 5.74) is 0. The van der Waals surface area contributed by atoms with Crippen LogP contribution in [0.25, 0.3) is 0 Å². The maximum absolute atomic E-state index is 10.1. The van der Waals surface area contributed by atoms with E-state index in [0.29, 0.717) is 12.5 Å². The molecule has 72 valence electrons. The zero-order valence-electron chi connectivity index (χ0n) is 8.84. The Labute approximate surface area is 125 Å². The Bertz CT molecular complexity index is 133. The van der Waals surface area contributed by atoms with Gasteiger partial charge in [0.2, 0.25) is 0 Å². The van der Waals surface area contributed by atoms with Crippen LogP contribution < -0.4 is 56.2 Å². The molecule has 3 nitrogen and oxygen atoms in total. The van der Waals surface area contributed by atoms with Gasteiger partial charge >= 0.3 is 60.6 Å². The van der Waals surface area contributed by atoms with Gasteiger partial charge in [-0.15, -0.1) is 0 Å². The largest absolute Gasteiger partial charge is 1.00 e. The van der Waals surface area contributed by atoms with E-state index >= 15 is 0 Å². The summed E-state index contributed by atoms with van der Waals surface area (Å²) in [4.78, 5) is 10.1. The average Bonchev–Trinajstić information content (AvgIpc) is 2.05. The smallest absolute Gasteiger partial charge is 0.588 e. The Morgan fingerprint density at radius 2 is 2.08 bits per heavy atom. The first kappa shape index (κ1) is 16.7. The van der Waals surface area contributed by atoms with E-state index in [2.05, 4.69) is 18.3 Å². The molecule has 0 aromatic carbocycles. The van der Waals surface area contributed by atoms with E-state index < -0.39 is 9.17 Å². The van der Waals surface area contributed by atoms with E-state index in [0.717, 1.165) is 25.7 Å². The van der Waals surface area contributed by atoms with Crippen LogP contribution in [0.2, 0.25) is 0 Å². The number of hydrogen-bond donors (Lipinski definition) is 0. The fraction of sp³-hybridized carbons (Fsp3) is 1.00. The van der Waals surface area contributed by atoms with E-state index in [1.807, 2.05) is 0 Å². The first-order valence-electron chi connectivity index (χ1n) is 4.54. The van der Waals surface area contributed by atoms with E-state index in [-0.39, 0.29) is 51.4 Å². The third-order valence-electron chi connectivity index (χ3n) is 1.98. The molecular weight excluding hydrogens is 211 g/mol. The van der Waals surface area contributed by atoms with Crippen molar-refractivity contribution in [1.82, 2.24) is 0 Å². The summed E-state index contributed by atoms with van der Waals surface area (Å²) in [6.45, 7) is 4.56. The fourth-order valence-corrected chi connectivity index (χ4v) is 1.46. The molecule has 0 spiro atoms. The van der Waals surface area contributed by atoms with Gasteiger partial charge in [0, 0.05) is 6.61 Å². The summed E-state index contributed by atoms with van der Waals surface area (Å²) in [6.07, 6.45) is 4.38. The first-order valence-corrected chi connectivity index (χ1v) is 5.76. The molecule has 0 aliphatic carbocycles. The maximum Gasteiger partial charge on any atom is 1.00 e. The molecule has 0 amide bonds. The molecular formula is C8H17KO3Si. The van der Waals surface area contributed by atoms with Crippen LogP contribution in [-0.4, -0.2) is 15.8 Å². The van der Waals surface area contributed by atoms with Crippen molar-refractivity contribution < 1.29 is 65.1 Å². The number of hydrogen-bond acceptors (Lipinski definition) is 3. The van der Waals surface area contributed by atoms with Gasteiger partial charge in [0.15, 0.2) is 0 Å². The van der Waals surface area contributed by atoms with Crippen molar-refractivity contribution in [3.63, 3.8) is 0 Å². The quantitative estimate of drug-likeness (QED) is 0.474. The summed E-state index contributed by atoms with van der Waals surface area (Å²) < 4.78 is 14.7. The summed E-state index contributed by atoms with van der Waals surface area (Å²) in [6, 6.07) is 0. The van der Waals surface area contributed by atoms with Crippen LogP contribution in [0.1, 0.15) is 39.5 Å². The maximum atomic E-state index is 10.1. The first-order chi connectivity index (χ1) is 5.70. The van der Waals surface area contributed by atoms with Crippen LogP contribution in [0.4, 0.5) is 0 Å². The Morgan fingerprint density at radius 3 is 2.46 bits per heavy atom. The number of rotatable bonds is 7. The molecule has 5 heteroatoms. The SMILES string of the molecule is CCCCC(CC)CO[Si](=O)[O-].[K+]. The molecule has 0 aromatic rings. The van der Waals surface area contributed by atoms with Gasteiger partial charge in [-0.05, 0) is 12.3 Å². The van der Waals surface area contributed by atoms with Crippen LogP contribution in [0.5, 0.6) is 0 Å². The van der Waals surface area contributed by atoms with Gasteiger partial charge in [-0.25, -0.2) is 0 Å². The normalized spacial score (nSPS) is 11.5. The standard InChI is InChI=1S/C8H17O3Si.K/c1-3-5-6-8(4-2)7-11-12(9)10;/h8H,3-7H2,1-2H3;/q-1;+1. The van der Waals surface area contributed by atoms with Crippen LogP contribution in [0.3, 0.4) is 0 Å². The van der Waals surface area contributed by atoms with Gasteiger partial charge in [0.1, 0.15) is 0 Å². The summed E-state index contributed by atoms with van der Waals surface area (Å²) in [5, 5.41) is 0. The van der Waals surface area contributed by atoms with Crippen LogP contribution >= 0.6 is 0 Å². The molecule has 0 heterocycles. The van der Waals surface area contributed by atoms with Crippen molar-refractivity contribution in [2.24, 2.45) is 5.92 Å². The summed E-state index contributed by atoms with van der Waals surface area (Å²) in [5.74, 6) is 0.410. The molecule has 0 aliphatic rings. The minimum absolute atomic E-state index is 0. The molecule has 0 aliphatic heterocycles. The molecule has 0 radical (unpaired) electrons. The molecule has 0 fully saturated rings. The van der Waals surface area contributed by atoms with Gasteiger partial charge < -0.3 is 13.7 Å². The van der Waals surface area contributed by atoms with Crippen LogP contribution in [-0.2, 0) is 8.89 Å². The van der Waals surface area contributed by atoms with Crippen molar-refractivity contribution >= 4 is 9.17 Å².